The Labute approximate surface area is 115 Å². The number of amides is 1. The number of anilines is 1. The van der Waals surface area contributed by atoms with Crippen LogP contribution in [0.4, 0.5) is 27.8 Å². The summed E-state index contributed by atoms with van der Waals surface area (Å²) in [7, 11) is 0. The number of nitrogens with one attached hydrogen (secondary N) is 1. The molecule has 0 aliphatic rings. The van der Waals surface area contributed by atoms with Gasteiger partial charge < -0.3 is 5.32 Å². The molecule has 112 valence electrons. The molecule has 2 rings (SSSR count). The maximum absolute atomic E-state index is 13.5. The van der Waals surface area contributed by atoms with Crippen LogP contribution in [0.5, 0.6) is 0 Å². The summed E-state index contributed by atoms with van der Waals surface area (Å²) >= 11 is 0. The molecule has 0 bridgehead atoms. The molecule has 4 nitrogen and oxygen atoms in total. The highest BCUT2D eigenvalue weighted by Gasteiger charge is 2.25. The third-order valence-electron chi connectivity index (χ3n) is 2.57. The van der Waals surface area contributed by atoms with Crippen molar-refractivity contribution < 1.29 is 26.7 Å². The van der Waals surface area contributed by atoms with Gasteiger partial charge >= 0.3 is 0 Å². The van der Waals surface area contributed by atoms with Gasteiger partial charge in [0.25, 0.3) is 0 Å². The summed E-state index contributed by atoms with van der Waals surface area (Å²) in [6, 6.07) is 1.31. The molecule has 1 amide bonds. The molecule has 0 unspecified atom stereocenters. The Balaban J connectivity index is 2.36. The van der Waals surface area contributed by atoms with Crippen molar-refractivity contribution in [2.24, 2.45) is 0 Å². The van der Waals surface area contributed by atoms with Crippen molar-refractivity contribution >= 4 is 11.7 Å². The highest BCUT2D eigenvalue weighted by atomic mass is 19.2. The van der Waals surface area contributed by atoms with Crippen LogP contribution >= 0.6 is 0 Å². The Morgan fingerprint density at radius 1 is 1.10 bits per heavy atom. The second-order valence-electron chi connectivity index (χ2n) is 4.13. The molecule has 9 heteroatoms. The summed E-state index contributed by atoms with van der Waals surface area (Å²) in [5.74, 6) is -10.4. The van der Waals surface area contributed by atoms with E-state index in [0.29, 0.717) is 0 Å². The summed E-state index contributed by atoms with van der Waals surface area (Å²) in [6.07, 6.45) is 1.23. The lowest BCUT2D eigenvalue weighted by atomic mass is 10.1. The number of benzene rings is 1. The lowest BCUT2D eigenvalue weighted by molar-refractivity contribution is -0.114. The quantitative estimate of drug-likeness (QED) is 0.538. The predicted octanol–water partition coefficient (Wildman–Crippen LogP) is 2.59. The second-order valence-corrected chi connectivity index (χ2v) is 4.13. The van der Waals surface area contributed by atoms with Gasteiger partial charge in [-0.15, -0.1) is 0 Å². The normalized spacial score (nSPS) is 10.8. The molecule has 1 aromatic carbocycles. The topological polar surface area (TPSA) is 46.9 Å². The van der Waals surface area contributed by atoms with E-state index in [1.807, 2.05) is 0 Å². The van der Waals surface area contributed by atoms with Crippen molar-refractivity contribution in [2.45, 2.75) is 13.5 Å². The average Bonchev–Trinajstić information content (AvgIpc) is 2.85. The van der Waals surface area contributed by atoms with Crippen molar-refractivity contribution in [3.05, 3.63) is 46.9 Å². The number of halogens is 5. The molecule has 0 atom stereocenters. The minimum absolute atomic E-state index is 0.0892. The van der Waals surface area contributed by atoms with E-state index in [1.165, 1.54) is 19.2 Å². The molecule has 0 saturated carbocycles. The maximum atomic E-state index is 13.5. The van der Waals surface area contributed by atoms with Crippen LogP contribution < -0.4 is 5.32 Å². The number of carbonyl (C=O) groups excluding carboxylic acids is 1. The van der Waals surface area contributed by atoms with Gasteiger partial charge in [0.15, 0.2) is 29.1 Å². The van der Waals surface area contributed by atoms with Crippen LogP contribution in [-0.2, 0) is 11.3 Å². The molecule has 0 fully saturated rings. The molecule has 1 aromatic heterocycles. The van der Waals surface area contributed by atoms with Crippen molar-refractivity contribution in [3.8, 4) is 0 Å². The van der Waals surface area contributed by atoms with Gasteiger partial charge in [0.05, 0.1) is 12.1 Å². The number of hydrogen-bond acceptors (Lipinski definition) is 2. The molecule has 21 heavy (non-hydrogen) atoms. The van der Waals surface area contributed by atoms with Gasteiger partial charge in [-0.2, -0.15) is 5.10 Å². The van der Waals surface area contributed by atoms with Gasteiger partial charge in [-0.1, -0.05) is 0 Å². The van der Waals surface area contributed by atoms with E-state index in [1.54, 1.807) is 0 Å². The molecule has 0 spiro atoms. The van der Waals surface area contributed by atoms with Gasteiger partial charge in [0, 0.05) is 19.2 Å². The highest BCUT2D eigenvalue weighted by molar-refractivity contribution is 5.87. The fourth-order valence-electron chi connectivity index (χ4n) is 1.65. The molecule has 0 aliphatic heterocycles. The Kier molecular flexibility index (Phi) is 3.92. The van der Waals surface area contributed by atoms with Crippen LogP contribution in [0.15, 0.2) is 12.3 Å². The first kappa shape index (κ1) is 14.9. The molecule has 0 saturated heterocycles. The number of carbonyl (C=O) groups is 1. The van der Waals surface area contributed by atoms with Crippen molar-refractivity contribution in [3.63, 3.8) is 0 Å². The lowest BCUT2D eigenvalue weighted by Crippen LogP contribution is -2.12. The van der Waals surface area contributed by atoms with Crippen LogP contribution in [0.25, 0.3) is 0 Å². The van der Waals surface area contributed by atoms with Crippen LogP contribution in [-0.4, -0.2) is 15.7 Å². The molecule has 0 aliphatic carbocycles. The highest BCUT2D eigenvalue weighted by Crippen LogP contribution is 2.23. The van der Waals surface area contributed by atoms with E-state index in [9.17, 15) is 26.7 Å². The van der Waals surface area contributed by atoms with Crippen LogP contribution in [0.3, 0.4) is 0 Å². The first-order valence-corrected chi connectivity index (χ1v) is 5.62. The lowest BCUT2D eigenvalue weighted by Gasteiger charge is -2.08. The largest absolute Gasteiger partial charge is 0.309 e. The van der Waals surface area contributed by atoms with E-state index in [2.05, 4.69) is 10.4 Å². The minimum Gasteiger partial charge on any atom is -0.309 e. The fourth-order valence-corrected chi connectivity index (χ4v) is 1.65. The molecule has 1 N–H and O–H groups in total. The zero-order valence-electron chi connectivity index (χ0n) is 10.6. The van der Waals surface area contributed by atoms with E-state index in [0.717, 1.165) is 4.68 Å². The minimum atomic E-state index is -2.21. The zero-order valence-corrected chi connectivity index (χ0v) is 10.6. The molecule has 2 aromatic rings. The monoisotopic (exact) mass is 305 g/mol. The Hall–Kier alpha value is -2.45. The first-order valence-electron chi connectivity index (χ1n) is 5.62. The van der Waals surface area contributed by atoms with E-state index >= 15 is 0 Å². The molecule has 1 heterocycles. The summed E-state index contributed by atoms with van der Waals surface area (Å²) in [6.45, 7) is 0.550. The molecular weight excluding hydrogens is 297 g/mol. The van der Waals surface area contributed by atoms with Crippen LogP contribution in [0.1, 0.15) is 12.5 Å². The number of rotatable bonds is 3. The van der Waals surface area contributed by atoms with Gasteiger partial charge in [0.2, 0.25) is 11.7 Å². The smallest absolute Gasteiger partial charge is 0.222 e. The molecule has 0 radical (unpaired) electrons. The molecular formula is C12H8F5N3O. The maximum Gasteiger partial charge on any atom is 0.222 e. The van der Waals surface area contributed by atoms with Gasteiger partial charge in [-0.05, 0) is 0 Å². The zero-order chi connectivity index (χ0) is 15.7. The third kappa shape index (κ3) is 2.86. The van der Waals surface area contributed by atoms with E-state index < -0.39 is 47.1 Å². The third-order valence-corrected chi connectivity index (χ3v) is 2.57. The van der Waals surface area contributed by atoms with E-state index in [4.69, 9.17) is 0 Å². The van der Waals surface area contributed by atoms with Crippen molar-refractivity contribution in [1.82, 2.24) is 9.78 Å². The Morgan fingerprint density at radius 2 is 1.62 bits per heavy atom. The van der Waals surface area contributed by atoms with Gasteiger partial charge in [-0.25, -0.2) is 22.0 Å². The number of hydrogen-bond donors (Lipinski definition) is 1. The number of nitrogens with zero attached hydrogens (tertiary/aromatic N) is 2. The Bertz CT molecular complexity index is 684. The number of aromatic nitrogens is 2. The van der Waals surface area contributed by atoms with E-state index in [-0.39, 0.29) is 5.82 Å². The van der Waals surface area contributed by atoms with Crippen LogP contribution in [0, 0.1) is 29.1 Å². The standard InChI is InChI=1S/C12H8F5N3O/c1-5(21)18-7-2-3-20(19-7)4-6-8(13)10(15)12(17)11(16)9(6)14/h2-3H,4H2,1H3,(H,18,19,21). The van der Waals surface area contributed by atoms with Crippen molar-refractivity contribution in [2.75, 3.05) is 5.32 Å². The average molecular weight is 305 g/mol. The fraction of sp³-hybridized carbons (Fsp3) is 0.167. The Morgan fingerprint density at radius 3 is 2.14 bits per heavy atom. The summed E-state index contributed by atoms with van der Waals surface area (Å²) in [5.41, 5.74) is -1.01. The summed E-state index contributed by atoms with van der Waals surface area (Å²) in [4.78, 5) is 10.8. The van der Waals surface area contributed by atoms with Gasteiger partial charge in [0.1, 0.15) is 0 Å². The predicted molar refractivity (Wildman–Crippen MR) is 61.9 cm³/mol. The SMILES string of the molecule is CC(=O)Nc1ccn(Cc2c(F)c(F)c(F)c(F)c2F)n1. The van der Waals surface area contributed by atoms with Crippen LogP contribution in [0.2, 0.25) is 0 Å². The summed E-state index contributed by atoms with van der Waals surface area (Å²) in [5, 5.41) is 6.03. The van der Waals surface area contributed by atoms with Gasteiger partial charge in [-0.3, -0.25) is 9.48 Å². The first-order chi connectivity index (χ1) is 9.81. The second kappa shape index (κ2) is 5.51. The van der Waals surface area contributed by atoms with Crippen molar-refractivity contribution in [1.29, 1.82) is 0 Å². The summed E-state index contributed by atoms with van der Waals surface area (Å²) < 4.78 is 66.8.